The molecule has 179 valence electrons. The van der Waals surface area contributed by atoms with Crippen LogP contribution in [-0.2, 0) is 0 Å². The molecule has 0 N–H and O–H groups in total. The minimum atomic E-state index is 1.12. The monoisotopic (exact) mass is 419 g/mol. The van der Waals surface area contributed by atoms with Gasteiger partial charge in [-0.1, -0.05) is 167 Å². The molecule has 0 aliphatic rings. The molecule has 0 aliphatic carbocycles. The summed E-state index contributed by atoms with van der Waals surface area (Å²) in [5.74, 6) is 0. The lowest BCUT2D eigenvalue weighted by atomic mass is 10.0. The van der Waals surface area contributed by atoms with Crippen LogP contribution < -0.4 is 0 Å². The summed E-state index contributed by atoms with van der Waals surface area (Å²) in [4.78, 5) is 0. The third kappa shape index (κ3) is 27.7. The molecule has 0 saturated carbocycles. The summed E-state index contributed by atoms with van der Waals surface area (Å²) < 4.78 is 0. The van der Waals surface area contributed by atoms with Crippen LogP contribution in [0.15, 0.2) is 12.2 Å². The van der Waals surface area contributed by atoms with E-state index in [1.165, 1.54) is 161 Å². The molecule has 0 aromatic carbocycles. The molecule has 0 aliphatic heterocycles. The van der Waals surface area contributed by atoms with E-state index >= 15 is 0 Å². The lowest BCUT2D eigenvalue weighted by Gasteiger charge is -2.02. The Morgan fingerprint density at radius 3 is 0.933 bits per heavy atom. The Balaban J connectivity index is 3.06. The Kier molecular flexibility index (Phi) is 28.5. The van der Waals surface area contributed by atoms with Crippen molar-refractivity contribution in [3.63, 3.8) is 0 Å². The molecule has 0 fully saturated rings. The van der Waals surface area contributed by atoms with Gasteiger partial charge in [-0.2, -0.15) is 0 Å². The summed E-state index contributed by atoms with van der Waals surface area (Å²) >= 11 is 0. The van der Waals surface area contributed by atoms with Crippen LogP contribution in [0.5, 0.6) is 0 Å². The smallest absolute Gasteiger partial charge is 0.0351 e. The van der Waals surface area contributed by atoms with Crippen LogP contribution in [-0.4, -0.2) is 0 Å². The summed E-state index contributed by atoms with van der Waals surface area (Å²) in [6, 6.07) is 0. The number of unbranched alkanes of at least 4 members (excludes halogenated alkanes) is 24. The molecule has 0 bridgehead atoms. The highest BCUT2D eigenvalue weighted by atomic mass is 14.0. The Morgan fingerprint density at radius 2 is 0.633 bits per heavy atom. The van der Waals surface area contributed by atoms with Gasteiger partial charge in [0.25, 0.3) is 0 Å². The fourth-order valence-corrected chi connectivity index (χ4v) is 4.37. The molecule has 0 saturated heterocycles. The first-order valence-electron chi connectivity index (χ1n) is 14.4. The Labute approximate surface area is 193 Å². The number of hydrogen-bond acceptors (Lipinski definition) is 0. The molecule has 0 unspecified atom stereocenters. The molecule has 0 nitrogen and oxygen atoms in total. The summed E-state index contributed by atoms with van der Waals surface area (Å²) in [5, 5.41) is 0. The average Bonchev–Trinajstić information content (AvgIpc) is 2.76. The number of allylic oxidation sites excluding steroid dienone is 2. The predicted molar refractivity (Wildman–Crippen MR) is 140 cm³/mol. The zero-order valence-electron chi connectivity index (χ0n) is 21.2. The van der Waals surface area contributed by atoms with Gasteiger partial charge < -0.3 is 0 Å². The SMILES string of the molecule is [CH2]CCCCCCCCCCCCCC/C=C/CCCCCCCCCCCCC. The molecule has 0 atom stereocenters. The first-order valence-corrected chi connectivity index (χ1v) is 14.4. The normalized spacial score (nSPS) is 11.7. The van der Waals surface area contributed by atoms with Gasteiger partial charge in [0.2, 0.25) is 0 Å². The van der Waals surface area contributed by atoms with Gasteiger partial charge in [0.1, 0.15) is 0 Å². The second-order valence-electron chi connectivity index (χ2n) is 9.68. The average molecular weight is 420 g/mol. The number of rotatable bonds is 26. The summed E-state index contributed by atoms with van der Waals surface area (Å²) in [6.07, 6.45) is 41.8. The van der Waals surface area contributed by atoms with Gasteiger partial charge in [-0.15, -0.1) is 0 Å². The molecular weight excluding hydrogens is 360 g/mol. The maximum atomic E-state index is 3.91. The molecule has 1 radical (unpaired) electrons. The third-order valence-electron chi connectivity index (χ3n) is 6.51. The lowest BCUT2D eigenvalue weighted by molar-refractivity contribution is 0.542. The van der Waals surface area contributed by atoms with E-state index < -0.39 is 0 Å². The van der Waals surface area contributed by atoms with Crippen LogP contribution in [0, 0.1) is 6.92 Å². The molecule has 0 heteroatoms. The van der Waals surface area contributed by atoms with Crippen molar-refractivity contribution in [1.29, 1.82) is 0 Å². The van der Waals surface area contributed by atoms with Crippen molar-refractivity contribution in [3.8, 4) is 0 Å². The fourth-order valence-electron chi connectivity index (χ4n) is 4.37. The summed E-state index contributed by atoms with van der Waals surface area (Å²) in [7, 11) is 0. The highest BCUT2D eigenvalue weighted by Gasteiger charge is 1.94. The van der Waals surface area contributed by atoms with Crippen molar-refractivity contribution < 1.29 is 0 Å². The van der Waals surface area contributed by atoms with Crippen molar-refractivity contribution in [2.75, 3.05) is 0 Å². The molecule has 30 heavy (non-hydrogen) atoms. The molecule has 0 aromatic rings. The second-order valence-corrected chi connectivity index (χ2v) is 9.68. The van der Waals surface area contributed by atoms with E-state index in [0.29, 0.717) is 0 Å². The Hall–Kier alpha value is -0.260. The topological polar surface area (TPSA) is 0 Å². The molecule has 0 amide bonds. The standard InChI is InChI=1S/C30H59/c1-3-5-7-9-11-13-15-17-19-21-23-25-27-29-30-28-26-24-22-20-18-16-14-12-10-8-6-4-2/h28,30H,1,3-27,29H2,2H3/b30-28+. The van der Waals surface area contributed by atoms with Crippen molar-refractivity contribution in [2.45, 2.75) is 174 Å². The van der Waals surface area contributed by atoms with E-state index in [2.05, 4.69) is 26.0 Å². The van der Waals surface area contributed by atoms with E-state index in [9.17, 15) is 0 Å². The quantitative estimate of drug-likeness (QED) is 0.0965. The highest BCUT2D eigenvalue weighted by Crippen LogP contribution is 2.14. The lowest BCUT2D eigenvalue weighted by Crippen LogP contribution is -1.83. The number of hydrogen-bond donors (Lipinski definition) is 0. The van der Waals surface area contributed by atoms with Crippen LogP contribution in [0.2, 0.25) is 0 Å². The summed E-state index contributed by atoms with van der Waals surface area (Å²) in [6.45, 7) is 6.21. The predicted octanol–water partition coefficient (Wildman–Crippen LogP) is 11.5. The zero-order chi connectivity index (χ0) is 21.8. The van der Waals surface area contributed by atoms with Crippen LogP contribution in [0.3, 0.4) is 0 Å². The van der Waals surface area contributed by atoms with Crippen molar-refractivity contribution >= 4 is 0 Å². The van der Waals surface area contributed by atoms with Gasteiger partial charge in [0.15, 0.2) is 0 Å². The minimum Gasteiger partial charge on any atom is -0.0885 e. The van der Waals surface area contributed by atoms with Gasteiger partial charge >= 0.3 is 0 Å². The van der Waals surface area contributed by atoms with E-state index in [1.807, 2.05) is 0 Å². The molecular formula is C30H59. The third-order valence-corrected chi connectivity index (χ3v) is 6.51. The Morgan fingerprint density at radius 1 is 0.367 bits per heavy atom. The van der Waals surface area contributed by atoms with E-state index in [1.54, 1.807) is 0 Å². The van der Waals surface area contributed by atoms with Gasteiger partial charge in [-0.25, -0.2) is 0 Å². The van der Waals surface area contributed by atoms with Gasteiger partial charge in [0, 0.05) is 0 Å². The highest BCUT2D eigenvalue weighted by molar-refractivity contribution is 4.81. The summed E-state index contributed by atoms with van der Waals surface area (Å²) in [5.41, 5.74) is 0. The maximum Gasteiger partial charge on any atom is -0.0351 e. The minimum absolute atomic E-state index is 1.12. The van der Waals surface area contributed by atoms with Crippen LogP contribution in [0.25, 0.3) is 0 Å². The zero-order valence-corrected chi connectivity index (χ0v) is 21.2. The van der Waals surface area contributed by atoms with E-state index in [-0.39, 0.29) is 0 Å². The maximum absolute atomic E-state index is 3.91. The van der Waals surface area contributed by atoms with Gasteiger partial charge in [0.05, 0.1) is 0 Å². The van der Waals surface area contributed by atoms with Gasteiger partial charge in [-0.05, 0) is 25.7 Å². The largest absolute Gasteiger partial charge is 0.0885 e. The molecule has 0 aromatic heterocycles. The van der Waals surface area contributed by atoms with Crippen LogP contribution >= 0.6 is 0 Å². The fraction of sp³-hybridized carbons (Fsp3) is 0.900. The van der Waals surface area contributed by atoms with Crippen molar-refractivity contribution in [1.82, 2.24) is 0 Å². The first kappa shape index (κ1) is 29.7. The van der Waals surface area contributed by atoms with E-state index in [0.717, 1.165) is 6.42 Å². The van der Waals surface area contributed by atoms with Crippen molar-refractivity contribution in [2.24, 2.45) is 0 Å². The molecule has 0 spiro atoms. The van der Waals surface area contributed by atoms with Crippen LogP contribution in [0.1, 0.15) is 174 Å². The second kappa shape index (κ2) is 28.7. The van der Waals surface area contributed by atoms with E-state index in [4.69, 9.17) is 0 Å². The Bertz CT molecular complexity index is 303. The van der Waals surface area contributed by atoms with Crippen LogP contribution in [0.4, 0.5) is 0 Å². The molecule has 0 rings (SSSR count). The van der Waals surface area contributed by atoms with Crippen molar-refractivity contribution in [3.05, 3.63) is 19.1 Å². The van der Waals surface area contributed by atoms with Gasteiger partial charge in [-0.3, -0.25) is 0 Å². The molecule has 0 heterocycles. The first-order chi connectivity index (χ1) is 14.9.